The third-order valence-electron chi connectivity index (χ3n) is 4.71. The van der Waals surface area contributed by atoms with Crippen LogP contribution in [0.4, 0.5) is 0 Å². The van der Waals surface area contributed by atoms with Gasteiger partial charge in [-0.2, -0.15) is 0 Å². The molecule has 1 saturated carbocycles. The van der Waals surface area contributed by atoms with E-state index in [9.17, 15) is 5.11 Å². The van der Waals surface area contributed by atoms with Gasteiger partial charge < -0.3 is 14.6 Å². The van der Waals surface area contributed by atoms with E-state index >= 15 is 0 Å². The summed E-state index contributed by atoms with van der Waals surface area (Å²) in [5, 5.41) is 10.3. The first-order valence-electron chi connectivity index (χ1n) is 7.42. The van der Waals surface area contributed by atoms with Crippen LogP contribution in [0.3, 0.4) is 0 Å². The zero-order valence-corrected chi connectivity index (χ0v) is 11.0. The zero-order chi connectivity index (χ0) is 12.4. The van der Waals surface area contributed by atoms with Crippen LogP contribution in [0.1, 0.15) is 38.5 Å². The van der Waals surface area contributed by atoms with Gasteiger partial charge in [0, 0.05) is 0 Å². The average Bonchev–Trinajstić information content (AvgIpc) is 3.10. The van der Waals surface area contributed by atoms with Crippen LogP contribution in [0.15, 0.2) is 12.2 Å². The molecule has 3 aliphatic rings. The van der Waals surface area contributed by atoms with Crippen molar-refractivity contribution in [3.63, 3.8) is 0 Å². The summed E-state index contributed by atoms with van der Waals surface area (Å²) in [5.74, 6) is 1.94. The first-order chi connectivity index (χ1) is 8.83. The zero-order valence-electron chi connectivity index (χ0n) is 11.0. The van der Waals surface area contributed by atoms with Crippen molar-refractivity contribution < 1.29 is 14.6 Å². The Labute approximate surface area is 109 Å². The van der Waals surface area contributed by atoms with Crippen LogP contribution in [0.25, 0.3) is 0 Å². The second-order valence-electron chi connectivity index (χ2n) is 5.97. The van der Waals surface area contributed by atoms with E-state index in [4.69, 9.17) is 9.47 Å². The summed E-state index contributed by atoms with van der Waals surface area (Å²) in [6.45, 7) is 1.48. The van der Waals surface area contributed by atoms with Crippen molar-refractivity contribution in [1.29, 1.82) is 0 Å². The molecular weight excluding hydrogens is 228 g/mol. The minimum absolute atomic E-state index is 0.0209. The second-order valence-corrected chi connectivity index (χ2v) is 5.97. The van der Waals surface area contributed by atoms with E-state index in [-0.39, 0.29) is 12.4 Å². The van der Waals surface area contributed by atoms with Crippen LogP contribution in [0.5, 0.6) is 0 Å². The molecule has 0 radical (unpaired) electrons. The molecule has 18 heavy (non-hydrogen) atoms. The van der Waals surface area contributed by atoms with Gasteiger partial charge in [-0.15, -0.1) is 0 Å². The van der Waals surface area contributed by atoms with Gasteiger partial charge in [0.2, 0.25) is 0 Å². The number of fused-ring (bicyclic) bond motifs is 2. The molecule has 1 N–H and O–H groups in total. The molecule has 0 aromatic heterocycles. The fourth-order valence-corrected chi connectivity index (χ4v) is 3.72. The number of allylic oxidation sites excluding steroid dienone is 2. The van der Waals surface area contributed by atoms with Gasteiger partial charge in [-0.1, -0.05) is 18.6 Å². The highest BCUT2D eigenvalue weighted by Gasteiger charge is 2.39. The maximum atomic E-state index is 10.3. The summed E-state index contributed by atoms with van der Waals surface area (Å²) in [6.07, 6.45) is 11.2. The Kier molecular flexibility index (Phi) is 4.02. The molecule has 3 rings (SSSR count). The first kappa shape index (κ1) is 12.6. The molecule has 1 aliphatic heterocycles. The van der Waals surface area contributed by atoms with Crippen LogP contribution < -0.4 is 0 Å². The van der Waals surface area contributed by atoms with E-state index in [1.807, 2.05) is 0 Å². The Morgan fingerprint density at radius 1 is 1.11 bits per heavy atom. The van der Waals surface area contributed by atoms with Crippen molar-refractivity contribution in [3.05, 3.63) is 12.2 Å². The van der Waals surface area contributed by atoms with Crippen molar-refractivity contribution in [1.82, 2.24) is 0 Å². The lowest BCUT2D eigenvalue weighted by Gasteiger charge is -2.24. The molecule has 0 amide bonds. The lowest BCUT2D eigenvalue weighted by Crippen LogP contribution is -2.24. The molecule has 0 aromatic rings. The van der Waals surface area contributed by atoms with Crippen LogP contribution >= 0.6 is 0 Å². The van der Waals surface area contributed by atoms with E-state index in [0.717, 1.165) is 44.8 Å². The monoisotopic (exact) mass is 252 g/mol. The minimum Gasteiger partial charge on any atom is -0.393 e. The van der Waals surface area contributed by atoms with Crippen molar-refractivity contribution in [3.8, 4) is 0 Å². The van der Waals surface area contributed by atoms with Gasteiger partial charge in [0.25, 0.3) is 0 Å². The fraction of sp³-hybridized carbons (Fsp3) is 0.867. The van der Waals surface area contributed by atoms with Crippen LogP contribution in [0, 0.1) is 17.8 Å². The summed E-state index contributed by atoms with van der Waals surface area (Å²) in [4.78, 5) is 0. The van der Waals surface area contributed by atoms with Gasteiger partial charge in [-0.05, 0) is 49.9 Å². The Morgan fingerprint density at radius 2 is 1.94 bits per heavy atom. The standard InChI is InChI=1S/C15H24O3/c16-14(13-10-11-5-6-12(13)9-11)3-1-2-4-15-17-7-8-18-15/h5-6,11-16H,1-4,7-10H2. The Balaban J connectivity index is 1.32. The topological polar surface area (TPSA) is 38.7 Å². The molecule has 2 aliphatic carbocycles. The maximum Gasteiger partial charge on any atom is 0.157 e. The van der Waals surface area contributed by atoms with Crippen LogP contribution in [-0.4, -0.2) is 30.7 Å². The van der Waals surface area contributed by atoms with Gasteiger partial charge in [0.1, 0.15) is 0 Å². The molecule has 1 heterocycles. The molecule has 1 saturated heterocycles. The quantitative estimate of drug-likeness (QED) is 0.583. The molecule has 0 spiro atoms. The molecule has 3 heteroatoms. The third-order valence-corrected chi connectivity index (χ3v) is 4.71. The highest BCUT2D eigenvalue weighted by molar-refractivity contribution is 5.11. The molecule has 3 nitrogen and oxygen atoms in total. The Bertz CT molecular complexity index is 296. The Hall–Kier alpha value is -0.380. The highest BCUT2D eigenvalue weighted by atomic mass is 16.7. The number of unbranched alkanes of at least 4 members (excludes halogenated alkanes) is 1. The van der Waals surface area contributed by atoms with Crippen LogP contribution in [0.2, 0.25) is 0 Å². The van der Waals surface area contributed by atoms with Gasteiger partial charge >= 0.3 is 0 Å². The maximum absolute atomic E-state index is 10.3. The number of aliphatic hydroxyl groups excluding tert-OH is 1. The molecule has 4 atom stereocenters. The van der Waals surface area contributed by atoms with E-state index in [0.29, 0.717) is 11.8 Å². The minimum atomic E-state index is -0.102. The van der Waals surface area contributed by atoms with Crippen molar-refractivity contribution >= 4 is 0 Å². The predicted octanol–water partition coefficient (Wildman–Crippen LogP) is 2.49. The SMILES string of the molecule is OC(CCCCC1OCCO1)C1CC2C=CC1C2. The largest absolute Gasteiger partial charge is 0.393 e. The molecular formula is C15H24O3. The molecule has 0 aromatic carbocycles. The van der Waals surface area contributed by atoms with Gasteiger partial charge in [-0.25, -0.2) is 0 Å². The highest BCUT2D eigenvalue weighted by Crippen LogP contribution is 2.45. The number of hydrogen-bond donors (Lipinski definition) is 1. The van der Waals surface area contributed by atoms with E-state index in [1.165, 1.54) is 12.8 Å². The van der Waals surface area contributed by atoms with E-state index < -0.39 is 0 Å². The van der Waals surface area contributed by atoms with Crippen molar-refractivity contribution in [2.75, 3.05) is 13.2 Å². The van der Waals surface area contributed by atoms with Gasteiger partial charge in [-0.3, -0.25) is 0 Å². The smallest absolute Gasteiger partial charge is 0.157 e. The number of aliphatic hydroxyl groups is 1. The summed E-state index contributed by atoms with van der Waals surface area (Å²) in [7, 11) is 0. The fourth-order valence-electron chi connectivity index (χ4n) is 3.72. The number of rotatable bonds is 6. The predicted molar refractivity (Wildman–Crippen MR) is 69.0 cm³/mol. The van der Waals surface area contributed by atoms with Crippen molar-refractivity contribution in [2.45, 2.75) is 50.9 Å². The van der Waals surface area contributed by atoms with Gasteiger partial charge in [0.15, 0.2) is 6.29 Å². The first-order valence-corrected chi connectivity index (χ1v) is 7.42. The summed E-state index contributed by atoms with van der Waals surface area (Å²) in [5.41, 5.74) is 0. The van der Waals surface area contributed by atoms with Gasteiger partial charge in [0.05, 0.1) is 19.3 Å². The summed E-state index contributed by atoms with van der Waals surface area (Å²) in [6, 6.07) is 0. The summed E-state index contributed by atoms with van der Waals surface area (Å²) >= 11 is 0. The molecule has 2 fully saturated rings. The normalized spacial score (nSPS) is 36.6. The number of ether oxygens (including phenoxy) is 2. The number of hydrogen-bond acceptors (Lipinski definition) is 3. The molecule has 2 bridgehead atoms. The van der Waals surface area contributed by atoms with Crippen LogP contribution in [-0.2, 0) is 9.47 Å². The third kappa shape index (κ3) is 2.79. The van der Waals surface area contributed by atoms with Crippen molar-refractivity contribution in [2.24, 2.45) is 17.8 Å². The lowest BCUT2D eigenvalue weighted by atomic mass is 9.86. The average molecular weight is 252 g/mol. The molecule has 102 valence electrons. The lowest BCUT2D eigenvalue weighted by molar-refractivity contribution is -0.0486. The molecule has 4 unspecified atom stereocenters. The Morgan fingerprint density at radius 3 is 2.61 bits per heavy atom. The summed E-state index contributed by atoms with van der Waals surface area (Å²) < 4.78 is 10.8. The van der Waals surface area contributed by atoms with E-state index in [1.54, 1.807) is 0 Å². The van der Waals surface area contributed by atoms with E-state index in [2.05, 4.69) is 12.2 Å². The second kappa shape index (κ2) is 5.72.